The van der Waals surface area contributed by atoms with Crippen molar-refractivity contribution < 1.29 is 4.79 Å². The van der Waals surface area contributed by atoms with Crippen LogP contribution in [0.3, 0.4) is 0 Å². The van der Waals surface area contributed by atoms with Gasteiger partial charge in [-0.2, -0.15) is 0 Å². The number of aryl methyl sites for hydroxylation is 2. The average molecular weight is 279 g/mol. The molecule has 21 heavy (non-hydrogen) atoms. The summed E-state index contributed by atoms with van der Waals surface area (Å²) in [6, 6.07) is 16.3. The molecule has 0 aromatic heterocycles. The van der Waals surface area contributed by atoms with Crippen LogP contribution in [0.25, 0.3) is 0 Å². The Labute approximate surface area is 126 Å². The SMILES string of the molecule is Cc1ccc(C)c(NC(=O)C2(c3ccccc3)CCC2)c1. The Kier molecular flexibility index (Phi) is 3.54. The lowest BCUT2D eigenvalue weighted by Crippen LogP contribution is -2.46. The van der Waals surface area contributed by atoms with Gasteiger partial charge < -0.3 is 5.32 Å². The van der Waals surface area contributed by atoms with E-state index in [4.69, 9.17) is 0 Å². The van der Waals surface area contributed by atoms with E-state index >= 15 is 0 Å². The van der Waals surface area contributed by atoms with Crippen molar-refractivity contribution in [3.63, 3.8) is 0 Å². The van der Waals surface area contributed by atoms with Crippen LogP contribution in [0.4, 0.5) is 5.69 Å². The Bertz CT molecular complexity index is 657. The fourth-order valence-electron chi connectivity index (χ4n) is 3.05. The highest BCUT2D eigenvalue weighted by Crippen LogP contribution is 2.44. The fourth-order valence-corrected chi connectivity index (χ4v) is 3.05. The first kappa shape index (κ1) is 13.9. The molecule has 3 rings (SSSR count). The molecule has 0 bridgehead atoms. The standard InChI is InChI=1S/C19H21NO/c1-14-9-10-15(2)17(13-14)20-18(21)19(11-6-12-19)16-7-4-3-5-8-16/h3-5,7-10,13H,6,11-12H2,1-2H3,(H,20,21). The van der Waals surface area contributed by atoms with Crippen LogP contribution < -0.4 is 5.32 Å². The lowest BCUT2D eigenvalue weighted by Gasteiger charge is -2.40. The first-order valence-electron chi connectivity index (χ1n) is 7.56. The number of nitrogens with one attached hydrogen (secondary N) is 1. The van der Waals surface area contributed by atoms with Gasteiger partial charge in [-0.3, -0.25) is 4.79 Å². The van der Waals surface area contributed by atoms with E-state index in [1.54, 1.807) is 0 Å². The van der Waals surface area contributed by atoms with Gasteiger partial charge in [0.25, 0.3) is 0 Å². The van der Waals surface area contributed by atoms with Crippen molar-refractivity contribution in [2.24, 2.45) is 0 Å². The number of anilines is 1. The van der Waals surface area contributed by atoms with Crippen molar-refractivity contribution >= 4 is 11.6 Å². The summed E-state index contributed by atoms with van der Waals surface area (Å²) in [5.74, 6) is 0.133. The second-order valence-electron chi connectivity index (χ2n) is 6.07. The number of hydrogen-bond donors (Lipinski definition) is 1. The summed E-state index contributed by atoms with van der Waals surface area (Å²) in [7, 11) is 0. The molecule has 1 amide bonds. The monoisotopic (exact) mass is 279 g/mol. The molecule has 0 spiro atoms. The molecule has 108 valence electrons. The number of amides is 1. The van der Waals surface area contributed by atoms with Gasteiger partial charge in [-0.05, 0) is 49.4 Å². The van der Waals surface area contributed by atoms with Gasteiger partial charge in [0.2, 0.25) is 5.91 Å². The Morgan fingerprint density at radius 2 is 1.76 bits per heavy atom. The van der Waals surface area contributed by atoms with E-state index in [1.807, 2.05) is 38.1 Å². The van der Waals surface area contributed by atoms with E-state index < -0.39 is 0 Å². The van der Waals surface area contributed by atoms with Crippen molar-refractivity contribution in [2.45, 2.75) is 38.5 Å². The minimum atomic E-state index is -0.336. The molecule has 0 aliphatic heterocycles. The van der Waals surface area contributed by atoms with E-state index in [9.17, 15) is 4.79 Å². The molecule has 0 radical (unpaired) electrons. The Hall–Kier alpha value is -2.09. The van der Waals surface area contributed by atoms with E-state index in [1.165, 1.54) is 5.56 Å². The zero-order valence-corrected chi connectivity index (χ0v) is 12.6. The zero-order valence-electron chi connectivity index (χ0n) is 12.6. The summed E-state index contributed by atoms with van der Waals surface area (Å²) in [6.07, 6.45) is 3.00. The number of carbonyl (C=O) groups excluding carboxylic acids is 1. The minimum Gasteiger partial charge on any atom is -0.325 e. The summed E-state index contributed by atoms with van der Waals surface area (Å²) in [5, 5.41) is 3.15. The highest BCUT2D eigenvalue weighted by molar-refractivity contribution is 6.00. The van der Waals surface area contributed by atoms with Gasteiger partial charge >= 0.3 is 0 Å². The Morgan fingerprint density at radius 1 is 1.05 bits per heavy atom. The van der Waals surface area contributed by atoms with Gasteiger partial charge in [-0.15, -0.1) is 0 Å². The van der Waals surface area contributed by atoms with Crippen LogP contribution in [0.1, 0.15) is 36.0 Å². The molecule has 0 atom stereocenters. The van der Waals surface area contributed by atoms with Crippen LogP contribution in [0.2, 0.25) is 0 Å². The third-order valence-electron chi connectivity index (χ3n) is 4.61. The molecular weight excluding hydrogens is 258 g/mol. The second kappa shape index (κ2) is 5.36. The van der Waals surface area contributed by atoms with Crippen LogP contribution in [0.15, 0.2) is 48.5 Å². The van der Waals surface area contributed by atoms with E-state index in [0.29, 0.717) is 0 Å². The third kappa shape index (κ3) is 2.46. The molecule has 2 aromatic carbocycles. The summed E-state index contributed by atoms with van der Waals surface area (Å²) >= 11 is 0. The molecule has 1 aliphatic carbocycles. The number of rotatable bonds is 3. The molecule has 1 saturated carbocycles. The quantitative estimate of drug-likeness (QED) is 0.888. The number of hydrogen-bond acceptors (Lipinski definition) is 1. The van der Waals surface area contributed by atoms with Crippen LogP contribution >= 0.6 is 0 Å². The molecule has 0 unspecified atom stereocenters. The third-order valence-corrected chi connectivity index (χ3v) is 4.61. The Morgan fingerprint density at radius 3 is 2.38 bits per heavy atom. The summed E-state index contributed by atoms with van der Waals surface area (Å²) < 4.78 is 0. The smallest absolute Gasteiger partial charge is 0.235 e. The topological polar surface area (TPSA) is 29.1 Å². The lowest BCUT2D eigenvalue weighted by atomic mass is 9.64. The lowest BCUT2D eigenvalue weighted by molar-refractivity contribution is -0.124. The average Bonchev–Trinajstić information content (AvgIpc) is 2.43. The van der Waals surface area contributed by atoms with Crippen molar-refractivity contribution in [2.75, 3.05) is 5.32 Å². The van der Waals surface area contributed by atoms with Crippen LogP contribution in [0.5, 0.6) is 0 Å². The number of benzene rings is 2. The molecular formula is C19H21NO. The molecule has 1 N–H and O–H groups in total. The molecule has 1 aliphatic rings. The van der Waals surface area contributed by atoms with Crippen molar-refractivity contribution in [3.05, 3.63) is 65.2 Å². The molecule has 0 saturated heterocycles. The van der Waals surface area contributed by atoms with Gasteiger partial charge in [-0.1, -0.05) is 48.9 Å². The van der Waals surface area contributed by atoms with Crippen LogP contribution in [-0.4, -0.2) is 5.91 Å². The van der Waals surface area contributed by atoms with E-state index in [-0.39, 0.29) is 11.3 Å². The Balaban J connectivity index is 1.89. The fraction of sp³-hybridized carbons (Fsp3) is 0.316. The predicted molar refractivity (Wildman–Crippen MR) is 86.5 cm³/mol. The van der Waals surface area contributed by atoms with Crippen LogP contribution in [0, 0.1) is 13.8 Å². The van der Waals surface area contributed by atoms with Gasteiger partial charge in [0.15, 0.2) is 0 Å². The molecule has 1 fully saturated rings. The maximum absolute atomic E-state index is 12.9. The summed E-state index contributed by atoms with van der Waals surface area (Å²) in [6.45, 7) is 4.08. The second-order valence-corrected chi connectivity index (χ2v) is 6.07. The molecule has 2 aromatic rings. The normalized spacial score (nSPS) is 16.1. The van der Waals surface area contributed by atoms with Gasteiger partial charge in [0, 0.05) is 5.69 Å². The first-order chi connectivity index (χ1) is 10.1. The van der Waals surface area contributed by atoms with E-state index in [2.05, 4.69) is 29.6 Å². The molecule has 2 nitrogen and oxygen atoms in total. The summed E-state index contributed by atoms with van der Waals surface area (Å²) in [5.41, 5.74) is 4.01. The maximum atomic E-state index is 12.9. The van der Waals surface area contributed by atoms with Crippen molar-refractivity contribution in [1.82, 2.24) is 0 Å². The molecule has 2 heteroatoms. The number of carbonyl (C=O) groups is 1. The molecule has 0 heterocycles. The maximum Gasteiger partial charge on any atom is 0.235 e. The summed E-state index contributed by atoms with van der Waals surface area (Å²) in [4.78, 5) is 12.9. The first-order valence-corrected chi connectivity index (χ1v) is 7.56. The van der Waals surface area contributed by atoms with Crippen LogP contribution in [-0.2, 0) is 10.2 Å². The van der Waals surface area contributed by atoms with E-state index in [0.717, 1.165) is 36.1 Å². The highest BCUT2D eigenvalue weighted by atomic mass is 16.2. The van der Waals surface area contributed by atoms with Gasteiger partial charge in [-0.25, -0.2) is 0 Å². The predicted octanol–water partition coefficient (Wildman–Crippen LogP) is 4.36. The minimum absolute atomic E-state index is 0.133. The van der Waals surface area contributed by atoms with Crippen molar-refractivity contribution in [1.29, 1.82) is 0 Å². The van der Waals surface area contributed by atoms with Gasteiger partial charge in [0.1, 0.15) is 0 Å². The van der Waals surface area contributed by atoms with Crippen molar-refractivity contribution in [3.8, 4) is 0 Å². The largest absolute Gasteiger partial charge is 0.325 e. The van der Waals surface area contributed by atoms with Gasteiger partial charge in [0.05, 0.1) is 5.41 Å². The zero-order chi connectivity index (χ0) is 14.9. The highest BCUT2D eigenvalue weighted by Gasteiger charge is 2.45.